The molecule has 0 spiro atoms. The third kappa shape index (κ3) is 15.2. The van der Waals surface area contributed by atoms with E-state index in [4.69, 9.17) is 33.4 Å². The Kier molecular flexibility index (Phi) is 15.7. The molecule has 0 aromatic heterocycles. The molecule has 0 aliphatic heterocycles. The van der Waals surface area contributed by atoms with E-state index in [0.717, 1.165) is 12.8 Å². The van der Waals surface area contributed by atoms with E-state index in [2.05, 4.69) is 24.3 Å². The van der Waals surface area contributed by atoms with Crippen LogP contribution in [-0.4, -0.2) is 10.2 Å². The maximum atomic E-state index is 8.73. The summed E-state index contributed by atoms with van der Waals surface area (Å²) in [4.78, 5) is 0. The number of aromatic hydroxyl groups is 2. The number of halogens is 2. The third-order valence-corrected chi connectivity index (χ3v) is 3.26. The smallest absolute Gasteiger partial charge is 0.508 e. The van der Waals surface area contributed by atoms with E-state index < -0.39 is 0 Å². The van der Waals surface area contributed by atoms with Crippen LogP contribution < -0.4 is 0 Å². The first-order chi connectivity index (χ1) is 12.6. The van der Waals surface area contributed by atoms with Gasteiger partial charge in [-0.15, -0.1) is 12.8 Å². The van der Waals surface area contributed by atoms with Crippen LogP contribution in [0.2, 0.25) is 10.0 Å². The van der Waals surface area contributed by atoms with Gasteiger partial charge in [0.15, 0.2) is 0 Å². The second kappa shape index (κ2) is 16.6. The van der Waals surface area contributed by atoms with Crippen LogP contribution in [0.15, 0.2) is 85.0 Å². The summed E-state index contributed by atoms with van der Waals surface area (Å²) in [6, 6.07) is 12.9. The number of allylic oxidation sites excluding steroid dienone is 8. The molecule has 0 radical (unpaired) electrons. The Labute approximate surface area is 190 Å². The molecule has 0 atom stereocenters. The fourth-order valence-corrected chi connectivity index (χ4v) is 2.00. The molecule has 4 rings (SSSR count). The SMILES string of the molecule is Oc1cccc(Cl)c1.Oc1cccc(Cl)c1.[C-]1=CC=CC1.[C-]1=CC=CC1.[Zr+2]. The van der Waals surface area contributed by atoms with Crippen molar-refractivity contribution in [1.82, 2.24) is 0 Å². The van der Waals surface area contributed by atoms with Gasteiger partial charge >= 0.3 is 26.2 Å². The van der Waals surface area contributed by atoms with Crippen molar-refractivity contribution < 1.29 is 36.4 Å². The van der Waals surface area contributed by atoms with Crippen molar-refractivity contribution in [2.45, 2.75) is 12.8 Å². The van der Waals surface area contributed by atoms with Crippen LogP contribution in [0.1, 0.15) is 12.8 Å². The van der Waals surface area contributed by atoms with E-state index in [0.29, 0.717) is 10.0 Å². The molecule has 2 aliphatic rings. The predicted molar refractivity (Wildman–Crippen MR) is 109 cm³/mol. The molecule has 5 heteroatoms. The quantitative estimate of drug-likeness (QED) is 0.414. The van der Waals surface area contributed by atoms with E-state index in [9.17, 15) is 0 Å². The zero-order valence-corrected chi connectivity index (χ0v) is 18.6. The molecule has 0 heterocycles. The fraction of sp³-hybridized carbons (Fsp3) is 0.0909. The third-order valence-electron chi connectivity index (χ3n) is 2.79. The Bertz CT molecular complexity index is 648. The molecule has 27 heavy (non-hydrogen) atoms. The van der Waals surface area contributed by atoms with Gasteiger partial charge in [-0.05, 0) is 36.4 Å². The van der Waals surface area contributed by atoms with Crippen LogP contribution in [0.4, 0.5) is 0 Å². The molecule has 0 unspecified atom stereocenters. The molecule has 2 N–H and O–H groups in total. The summed E-state index contributed by atoms with van der Waals surface area (Å²) in [6.07, 6.45) is 20.0. The zero-order valence-electron chi connectivity index (χ0n) is 14.6. The van der Waals surface area contributed by atoms with Crippen molar-refractivity contribution in [2.24, 2.45) is 0 Å². The minimum Gasteiger partial charge on any atom is -0.508 e. The van der Waals surface area contributed by atoms with Gasteiger partial charge in [0.2, 0.25) is 0 Å². The van der Waals surface area contributed by atoms with Crippen LogP contribution in [0.5, 0.6) is 11.5 Å². The van der Waals surface area contributed by atoms with Gasteiger partial charge in [-0.2, -0.15) is 12.2 Å². The topological polar surface area (TPSA) is 40.5 Å². The summed E-state index contributed by atoms with van der Waals surface area (Å²) in [5.74, 6) is 0.412. The van der Waals surface area contributed by atoms with Gasteiger partial charge in [0, 0.05) is 10.0 Å². The Morgan fingerprint density at radius 1 is 0.704 bits per heavy atom. The Morgan fingerprint density at radius 2 is 1.11 bits per heavy atom. The fourth-order valence-electron chi connectivity index (χ4n) is 1.63. The summed E-state index contributed by atoms with van der Waals surface area (Å²) in [5, 5.41) is 18.6. The van der Waals surface area contributed by atoms with Gasteiger partial charge in [0.05, 0.1) is 0 Å². The van der Waals surface area contributed by atoms with E-state index in [1.54, 1.807) is 36.4 Å². The van der Waals surface area contributed by atoms with E-state index in [1.165, 1.54) is 12.1 Å². The molecule has 0 fully saturated rings. The molecular formula is C22H20Cl2O2Zr. The monoisotopic (exact) mass is 476 g/mol. The van der Waals surface area contributed by atoms with Crippen molar-refractivity contribution >= 4 is 23.2 Å². The molecule has 0 amide bonds. The van der Waals surface area contributed by atoms with Gasteiger partial charge in [0.25, 0.3) is 0 Å². The molecule has 2 aromatic carbocycles. The summed E-state index contributed by atoms with van der Waals surface area (Å²) in [5.41, 5.74) is 0. The molecule has 0 saturated heterocycles. The van der Waals surface area contributed by atoms with Gasteiger partial charge in [-0.25, -0.2) is 24.3 Å². The second-order valence-electron chi connectivity index (χ2n) is 4.97. The largest absolute Gasteiger partial charge is 2.00 e. The zero-order chi connectivity index (χ0) is 19.0. The minimum atomic E-state index is 0. The van der Waals surface area contributed by atoms with E-state index in [-0.39, 0.29) is 37.7 Å². The number of hydrogen-bond donors (Lipinski definition) is 2. The normalized spacial score (nSPS) is 11.9. The molecule has 2 nitrogen and oxygen atoms in total. The number of rotatable bonds is 0. The van der Waals surface area contributed by atoms with Crippen LogP contribution >= 0.6 is 23.2 Å². The molecule has 2 aromatic rings. The van der Waals surface area contributed by atoms with Crippen molar-refractivity contribution in [2.75, 3.05) is 0 Å². The van der Waals surface area contributed by atoms with Crippen LogP contribution in [0.3, 0.4) is 0 Å². The van der Waals surface area contributed by atoms with Crippen LogP contribution in [0.25, 0.3) is 0 Å². The summed E-state index contributed by atoms with van der Waals surface area (Å²) in [6.45, 7) is 0. The van der Waals surface area contributed by atoms with E-state index in [1.807, 2.05) is 24.3 Å². The van der Waals surface area contributed by atoms with Crippen molar-refractivity contribution in [1.29, 1.82) is 0 Å². The minimum absolute atomic E-state index is 0. The van der Waals surface area contributed by atoms with Crippen LogP contribution in [0, 0.1) is 12.2 Å². The molecule has 2 aliphatic carbocycles. The second-order valence-corrected chi connectivity index (χ2v) is 5.84. The maximum Gasteiger partial charge on any atom is 2.00 e. The van der Waals surface area contributed by atoms with Crippen molar-refractivity contribution in [3.8, 4) is 11.5 Å². The Hall–Kier alpha value is -1.54. The number of phenols is 2. The summed E-state index contributed by atoms with van der Waals surface area (Å²) in [7, 11) is 0. The first-order valence-electron chi connectivity index (χ1n) is 7.90. The molecule has 0 saturated carbocycles. The van der Waals surface area contributed by atoms with Gasteiger partial charge in [0.1, 0.15) is 11.5 Å². The van der Waals surface area contributed by atoms with Gasteiger partial charge in [-0.3, -0.25) is 12.2 Å². The maximum absolute atomic E-state index is 8.73. The summed E-state index contributed by atoms with van der Waals surface area (Å²) < 4.78 is 0. The average Bonchev–Trinajstić information content (AvgIpc) is 3.34. The number of phenolic OH excluding ortho intramolecular Hbond substituents is 2. The van der Waals surface area contributed by atoms with Gasteiger partial charge in [-0.1, -0.05) is 35.3 Å². The summed E-state index contributed by atoms with van der Waals surface area (Å²) >= 11 is 11.0. The number of hydrogen-bond acceptors (Lipinski definition) is 2. The molecule has 0 bridgehead atoms. The first-order valence-corrected chi connectivity index (χ1v) is 8.66. The Balaban J connectivity index is 0.000000337. The standard InChI is InChI=1S/2C6H5ClO.2C5H5.Zr/c2*7-5-2-1-3-6(8)4-5;2*1-2-4-5-3-1;/h2*1-4,8H;2*1-3H,4H2;/q;;2*-1;+2. The van der Waals surface area contributed by atoms with Gasteiger partial charge < -0.3 is 10.2 Å². The molecule has 138 valence electrons. The van der Waals surface area contributed by atoms with Crippen molar-refractivity contribution in [3.63, 3.8) is 0 Å². The first kappa shape index (κ1) is 25.5. The molecular weight excluding hydrogens is 458 g/mol. The van der Waals surface area contributed by atoms with Crippen LogP contribution in [-0.2, 0) is 26.2 Å². The average molecular weight is 479 g/mol. The predicted octanol–water partition coefficient (Wildman–Crippen LogP) is 6.70. The van der Waals surface area contributed by atoms with E-state index >= 15 is 0 Å². The number of benzene rings is 2. The van der Waals surface area contributed by atoms with Crippen molar-refractivity contribution in [3.05, 3.63) is 107 Å². The Morgan fingerprint density at radius 3 is 1.26 bits per heavy atom.